The first-order chi connectivity index (χ1) is 16.1. The van der Waals surface area contributed by atoms with Gasteiger partial charge in [0.1, 0.15) is 12.4 Å². The molecule has 1 saturated carbocycles. The minimum absolute atomic E-state index is 0.00142. The van der Waals surface area contributed by atoms with Gasteiger partial charge in [0.2, 0.25) is 5.75 Å². The summed E-state index contributed by atoms with van der Waals surface area (Å²) in [5.41, 5.74) is 2.09. The number of ether oxygens (including phenoxy) is 2. The van der Waals surface area contributed by atoms with Gasteiger partial charge in [-0.25, -0.2) is 0 Å². The maximum atomic E-state index is 12.9. The molecule has 0 amide bonds. The molecule has 7 heteroatoms. The summed E-state index contributed by atoms with van der Waals surface area (Å²) >= 11 is 0. The Bertz CT molecular complexity index is 1290. The molecule has 0 spiro atoms. The van der Waals surface area contributed by atoms with Gasteiger partial charge in [-0.1, -0.05) is 29.9 Å². The van der Waals surface area contributed by atoms with E-state index < -0.39 is 4.92 Å². The van der Waals surface area contributed by atoms with Gasteiger partial charge in [-0.3, -0.25) is 14.9 Å². The summed E-state index contributed by atoms with van der Waals surface area (Å²) in [5.74, 6) is 10.3. The van der Waals surface area contributed by atoms with Crippen LogP contribution in [0.15, 0.2) is 42.5 Å². The van der Waals surface area contributed by atoms with Crippen LogP contribution in [0.3, 0.4) is 0 Å². The van der Waals surface area contributed by atoms with Crippen LogP contribution in [0.1, 0.15) is 36.3 Å². The molecule has 0 radical (unpaired) electrons. The number of allylic oxidation sites excluding steroid dienone is 2. The maximum absolute atomic E-state index is 12.9. The minimum atomic E-state index is -0.428. The molecule has 2 aromatic carbocycles. The fourth-order valence-electron chi connectivity index (χ4n) is 4.77. The Hall–Kier alpha value is -4.23. The van der Waals surface area contributed by atoms with Crippen LogP contribution < -0.4 is 14.8 Å². The van der Waals surface area contributed by atoms with Gasteiger partial charge >= 0.3 is 0 Å². The summed E-state index contributed by atoms with van der Waals surface area (Å²) in [4.78, 5) is 23.8. The van der Waals surface area contributed by atoms with Crippen molar-refractivity contribution in [3.05, 3.63) is 63.7 Å². The second kappa shape index (κ2) is 8.37. The molecule has 0 saturated heterocycles. The van der Waals surface area contributed by atoms with Crippen molar-refractivity contribution in [3.8, 4) is 41.4 Å². The number of carbonyl (C=O) groups excluding carboxylic acids is 1. The van der Waals surface area contributed by atoms with Crippen LogP contribution in [0.2, 0.25) is 0 Å². The lowest BCUT2D eigenvalue weighted by Crippen LogP contribution is -2.42. The van der Waals surface area contributed by atoms with Gasteiger partial charge in [0, 0.05) is 35.7 Å². The number of para-hydroxylation sites is 1. The van der Waals surface area contributed by atoms with Crippen LogP contribution in [0, 0.1) is 40.2 Å². The van der Waals surface area contributed by atoms with Gasteiger partial charge in [0.25, 0.3) is 5.69 Å². The average molecular weight is 440 g/mol. The van der Waals surface area contributed by atoms with E-state index in [9.17, 15) is 14.9 Å². The third-order valence-electron chi connectivity index (χ3n) is 6.26. The lowest BCUT2D eigenvalue weighted by atomic mass is 9.69. The fourth-order valence-corrected chi connectivity index (χ4v) is 4.77. The molecule has 5 rings (SSSR count). The van der Waals surface area contributed by atoms with E-state index in [2.05, 4.69) is 23.1 Å². The van der Waals surface area contributed by atoms with Crippen LogP contribution in [-0.2, 0) is 11.4 Å². The predicted molar refractivity (Wildman–Crippen MR) is 122 cm³/mol. The van der Waals surface area contributed by atoms with Crippen molar-refractivity contribution in [1.82, 2.24) is 0 Å². The van der Waals surface area contributed by atoms with Crippen molar-refractivity contribution in [1.29, 1.82) is 0 Å². The van der Waals surface area contributed by atoms with Crippen molar-refractivity contribution in [3.63, 3.8) is 0 Å². The molecule has 3 unspecified atom stereocenters. The number of nitro benzene ring substituents is 1. The van der Waals surface area contributed by atoms with Crippen LogP contribution in [0.25, 0.3) is 0 Å². The monoisotopic (exact) mass is 440 g/mol. The number of benzene rings is 2. The first-order valence-corrected chi connectivity index (χ1v) is 10.7. The largest absolute Gasteiger partial charge is 0.484 e. The fraction of sp³-hybridized carbons (Fsp3) is 0.269. The van der Waals surface area contributed by atoms with Crippen molar-refractivity contribution < 1.29 is 19.2 Å². The number of fused-ring (bicyclic) bond motifs is 5. The van der Waals surface area contributed by atoms with Crippen LogP contribution in [0.5, 0.6) is 17.2 Å². The molecule has 1 fully saturated rings. The van der Waals surface area contributed by atoms with Crippen LogP contribution in [-0.4, -0.2) is 16.7 Å². The van der Waals surface area contributed by atoms with Crippen molar-refractivity contribution >= 4 is 17.2 Å². The van der Waals surface area contributed by atoms with E-state index in [1.165, 1.54) is 12.1 Å². The molecule has 2 aliphatic heterocycles. The number of nitrogens with one attached hydrogen (secondary N) is 1. The first-order valence-electron chi connectivity index (χ1n) is 10.7. The zero-order valence-corrected chi connectivity index (χ0v) is 17.7. The summed E-state index contributed by atoms with van der Waals surface area (Å²) in [6.45, 7) is 0.0246. The molecule has 33 heavy (non-hydrogen) atoms. The molecular formula is C26H20N2O5. The molecule has 2 aromatic rings. The standard InChI is InChI=1S/C26H20N2O5/c1-2-3-4-5-11-18-17-10-8-13-21(29)23(17)24-19(27-18)14-22(25-26(24)33-25)32-15-16-9-6-7-12-20(16)28(30)31/h1,3-4,6-7,9,12,14,17-18,23,27H,8,10,13,15H2/b4-3-. The van der Waals surface area contributed by atoms with Gasteiger partial charge in [-0.05, 0) is 31.1 Å². The molecule has 3 aliphatic rings. The highest BCUT2D eigenvalue weighted by atomic mass is 16.6. The van der Waals surface area contributed by atoms with Gasteiger partial charge in [0.05, 0.1) is 22.4 Å². The molecule has 164 valence electrons. The Morgan fingerprint density at radius 1 is 1.30 bits per heavy atom. The Morgan fingerprint density at radius 2 is 2.15 bits per heavy atom. The van der Waals surface area contributed by atoms with E-state index in [1.807, 2.05) is 0 Å². The lowest BCUT2D eigenvalue weighted by Gasteiger charge is -2.39. The Morgan fingerprint density at radius 3 is 2.97 bits per heavy atom. The van der Waals surface area contributed by atoms with Gasteiger partial charge in [-0.2, -0.15) is 0 Å². The number of hydrogen-bond donors (Lipinski definition) is 1. The van der Waals surface area contributed by atoms with Crippen LogP contribution >= 0.6 is 0 Å². The van der Waals surface area contributed by atoms with E-state index in [0.717, 1.165) is 24.1 Å². The second-order valence-corrected chi connectivity index (χ2v) is 8.18. The number of Topliss-reactive ketones (excluding diaryl/α,β-unsaturated/α-hetero) is 1. The minimum Gasteiger partial charge on any atom is -0.484 e. The van der Waals surface area contributed by atoms with Gasteiger partial charge < -0.3 is 14.8 Å². The summed E-state index contributed by atoms with van der Waals surface area (Å²) in [6.07, 6.45) is 10.7. The van der Waals surface area contributed by atoms with E-state index >= 15 is 0 Å². The zero-order valence-electron chi connectivity index (χ0n) is 17.7. The van der Waals surface area contributed by atoms with E-state index in [1.54, 1.807) is 30.3 Å². The number of nitro groups is 1. The van der Waals surface area contributed by atoms with E-state index in [0.29, 0.717) is 29.2 Å². The highest BCUT2D eigenvalue weighted by Crippen LogP contribution is 2.62. The number of rotatable bonds is 4. The number of terminal acetylenes is 1. The third kappa shape index (κ3) is 3.79. The number of carbonyl (C=O) groups is 1. The van der Waals surface area contributed by atoms with Crippen LogP contribution in [0.4, 0.5) is 11.4 Å². The van der Waals surface area contributed by atoms with Crippen molar-refractivity contribution in [2.45, 2.75) is 37.8 Å². The topological polar surface area (TPSA) is 94.0 Å². The highest BCUT2D eigenvalue weighted by Gasteiger charge is 2.48. The quantitative estimate of drug-likeness (QED) is 0.273. The van der Waals surface area contributed by atoms with Crippen molar-refractivity contribution in [2.75, 3.05) is 5.32 Å². The van der Waals surface area contributed by atoms with Gasteiger partial charge in [0.15, 0.2) is 11.5 Å². The summed E-state index contributed by atoms with van der Waals surface area (Å²) in [5, 5.41) is 14.7. The molecule has 1 N–H and O–H groups in total. The van der Waals surface area contributed by atoms with E-state index in [4.69, 9.17) is 15.9 Å². The number of hydrogen-bond acceptors (Lipinski definition) is 6. The molecule has 0 bridgehead atoms. The number of ketones is 1. The SMILES string of the molecule is C#C/C=C\C#CC1Nc2cc(OCc3ccccc3[N+](=O)[O-])c3c(c2C2C(=O)CCCC12)O3. The smallest absolute Gasteiger partial charge is 0.276 e. The molecule has 2 heterocycles. The summed E-state index contributed by atoms with van der Waals surface area (Å²) < 4.78 is 11.7. The number of nitrogens with zero attached hydrogens (tertiary/aromatic N) is 1. The highest BCUT2D eigenvalue weighted by molar-refractivity contribution is 5.93. The zero-order chi connectivity index (χ0) is 22.9. The molecule has 0 aromatic heterocycles. The molecule has 3 atom stereocenters. The van der Waals surface area contributed by atoms with Crippen molar-refractivity contribution in [2.24, 2.45) is 5.92 Å². The maximum Gasteiger partial charge on any atom is 0.276 e. The molecule has 7 nitrogen and oxygen atoms in total. The predicted octanol–water partition coefficient (Wildman–Crippen LogP) is 4.72. The second-order valence-electron chi connectivity index (χ2n) is 8.18. The normalized spacial score (nSPS) is 21.8. The third-order valence-corrected chi connectivity index (χ3v) is 6.26. The first kappa shape index (κ1) is 20.7. The van der Waals surface area contributed by atoms with Gasteiger partial charge in [-0.15, -0.1) is 6.42 Å². The summed E-state index contributed by atoms with van der Waals surface area (Å²) in [6, 6.07) is 8.05. The lowest BCUT2D eigenvalue weighted by molar-refractivity contribution is -0.385. The number of anilines is 1. The molecular weight excluding hydrogens is 420 g/mol. The van der Waals surface area contributed by atoms with E-state index in [-0.39, 0.29) is 36.0 Å². The Balaban J connectivity index is 1.46. The average Bonchev–Trinajstić information content (AvgIpc) is 3.61. The molecule has 1 aliphatic carbocycles. The summed E-state index contributed by atoms with van der Waals surface area (Å²) in [7, 11) is 0. The Labute approximate surface area is 190 Å². The Kier molecular flexibility index (Phi) is 5.24.